The third-order valence-corrected chi connectivity index (χ3v) is 12.3. The van der Waals surface area contributed by atoms with E-state index in [0.717, 1.165) is 70.6 Å². The summed E-state index contributed by atoms with van der Waals surface area (Å²) in [4.78, 5) is 37.0. The Bertz CT molecular complexity index is 1220. The highest BCUT2D eigenvalue weighted by Crippen LogP contribution is 2.23. The molecule has 11 nitrogen and oxygen atoms in total. The summed E-state index contributed by atoms with van der Waals surface area (Å²) in [5.41, 5.74) is 0. The summed E-state index contributed by atoms with van der Waals surface area (Å²) in [5, 5.41) is 39.9. The fraction of sp³-hybridized carbons (Fsp3) is 0.833. The van der Waals surface area contributed by atoms with Gasteiger partial charge in [-0.1, -0.05) is 217 Å². The molecule has 1 saturated heterocycles. The van der Waals surface area contributed by atoms with Gasteiger partial charge in [-0.15, -0.1) is 0 Å². The van der Waals surface area contributed by atoms with E-state index in [0.29, 0.717) is 12.8 Å². The number of unbranched alkanes of at least 4 members (excludes halogenated alkanes) is 28. The van der Waals surface area contributed by atoms with Crippen LogP contribution in [0.2, 0.25) is 0 Å². The summed E-state index contributed by atoms with van der Waals surface area (Å²) in [6, 6.07) is 0. The molecule has 0 aromatic rings. The number of allylic oxidation sites excluding steroid dienone is 6. The largest absolute Gasteiger partial charge is 0.479 e. The van der Waals surface area contributed by atoms with Gasteiger partial charge in [0.25, 0.3) is 0 Å². The van der Waals surface area contributed by atoms with Crippen LogP contribution in [0.4, 0.5) is 0 Å². The molecule has 11 heteroatoms. The monoisotopic (exact) mass is 921 g/mol. The standard InChI is InChI=1S/C54H96O11/c1-3-5-7-9-11-13-15-17-19-20-21-22-23-24-25-26-27-29-31-33-35-37-39-41-43-48(56)64-46(45-63-54-51(59)49(57)50(58)52(65-54)53(60)61)44-62-47(55)42-40-38-36-34-32-30-28-18-16-14-12-10-8-6-4-2/h6,8,12,14,18,28,46,49-52,54,57-59H,3-5,7,9-11,13,15-17,19-27,29-45H2,1-2H3,(H,60,61)/b8-6-,14-12-,28-18-. The maximum atomic E-state index is 12.8. The molecule has 1 fully saturated rings. The van der Waals surface area contributed by atoms with Crippen molar-refractivity contribution in [3.8, 4) is 0 Å². The highest BCUT2D eigenvalue weighted by atomic mass is 16.7. The molecular weight excluding hydrogens is 825 g/mol. The smallest absolute Gasteiger partial charge is 0.335 e. The molecule has 65 heavy (non-hydrogen) atoms. The average molecular weight is 921 g/mol. The van der Waals surface area contributed by atoms with E-state index in [-0.39, 0.29) is 19.4 Å². The van der Waals surface area contributed by atoms with Gasteiger partial charge in [0.2, 0.25) is 0 Å². The Morgan fingerprint density at radius 1 is 0.492 bits per heavy atom. The van der Waals surface area contributed by atoms with Crippen molar-refractivity contribution in [2.24, 2.45) is 0 Å². The maximum absolute atomic E-state index is 12.8. The molecule has 0 bridgehead atoms. The molecule has 1 aliphatic rings. The summed E-state index contributed by atoms with van der Waals surface area (Å²) >= 11 is 0. The number of aliphatic hydroxyl groups excluding tert-OH is 3. The zero-order chi connectivity index (χ0) is 47.4. The van der Waals surface area contributed by atoms with Crippen molar-refractivity contribution in [1.82, 2.24) is 0 Å². The van der Waals surface area contributed by atoms with E-state index in [9.17, 15) is 34.8 Å². The van der Waals surface area contributed by atoms with E-state index in [1.165, 1.54) is 128 Å². The second kappa shape index (κ2) is 44.0. The summed E-state index contributed by atoms with van der Waals surface area (Å²) < 4.78 is 21.8. The molecule has 1 aliphatic heterocycles. The van der Waals surface area contributed by atoms with Crippen LogP contribution in [0, 0.1) is 0 Å². The minimum absolute atomic E-state index is 0.183. The number of ether oxygens (including phenoxy) is 4. The van der Waals surface area contributed by atoms with Gasteiger partial charge in [0, 0.05) is 12.8 Å². The third kappa shape index (κ3) is 35.3. The highest BCUT2D eigenvalue weighted by Gasteiger charge is 2.47. The number of carbonyl (C=O) groups is 3. The molecule has 6 atom stereocenters. The molecule has 0 aromatic carbocycles. The number of rotatable bonds is 45. The number of esters is 2. The van der Waals surface area contributed by atoms with Gasteiger partial charge in [-0.3, -0.25) is 9.59 Å². The molecule has 0 radical (unpaired) electrons. The van der Waals surface area contributed by atoms with Gasteiger partial charge in [-0.05, 0) is 44.9 Å². The molecule has 378 valence electrons. The first-order valence-electron chi connectivity index (χ1n) is 26.5. The fourth-order valence-corrected chi connectivity index (χ4v) is 8.13. The first-order valence-corrected chi connectivity index (χ1v) is 26.5. The summed E-state index contributed by atoms with van der Waals surface area (Å²) in [6.07, 6.45) is 43.5. The maximum Gasteiger partial charge on any atom is 0.335 e. The number of aliphatic carboxylic acids is 1. The van der Waals surface area contributed by atoms with Crippen molar-refractivity contribution in [2.45, 2.75) is 275 Å². The Hall–Kier alpha value is -2.57. The van der Waals surface area contributed by atoms with Crippen molar-refractivity contribution < 1.29 is 53.8 Å². The molecule has 4 N–H and O–H groups in total. The van der Waals surface area contributed by atoms with E-state index < -0.39 is 61.3 Å². The second-order valence-electron chi connectivity index (χ2n) is 18.3. The average Bonchev–Trinajstić information content (AvgIpc) is 3.29. The van der Waals surface area contributed by atoms with Gasteiger partial charge >= 0.3 is 17.9 Å². The lowest BCUT2D eigenvalue weighted by molar-refractivity contribution is -0.298. The van der Waals surface area contributed by atoms with E-state index in [1.807, 2.05) is 0 Å². The topological polar surface area (TPSA) is 169 Å². The molecule has 0 saturated carbocycles. The third-order valence-electron chi connectivity index (χ3n) is 12.3. The Morgan fingerprint density at radius 3 is 1.37 bits per heavy atom. The summed E-state index contributed by atoms with van der Waals surface area (Å²) in [7, 11) is 0. The molecule has 0 aromatic heterocycles. The molecule has 1 rings (SSSR count). The molecule has 0 amide bonds. The van der Waals surface area contributed by atoms with Crippen molar-refractivity contribution in [1.29, 1.82) is 0 Å². The Labute approximate surface area is 395 Å². The number of aliphatic hydroxyl groups is 3. The van der Waals surface area contributed by atoms with Crippen LogP contribution < -0.4 is 0 Å². The fourth-order valence-electron chi connectivity index (χ4n) is 8.13. The van der Waals surface area contributed by atoms with Crippen molar-refractivity contribution in [2.75, 3.05) is 13.2 Å². The van der Waals surface area contributed by atoms with Crippen LogP contribution in [0.1, 0.15) is 239 Å². The van der Waals surface area contributed by atoms with Gasteiger partial charge in [0.05, 0.1) is 6.61 Å². The second-order valence-corrected chi connectivity index (χ2v) is 18.3. The van der Waals surface area contributed by atoms with Gasteiger partial charge in [0.15, 0.2) is 18.5 Å². The van der Waals surface area contributed by atoms with Crippen LogP contribution in [-0.4, -0.2) is 88.4 Å². The predicted octanol–water partition coefficient (Wildman–Crippen LogP) is 12.7. The SMILES string of the molecule is CC/C=C\C/C=C\C/C=C\CCCCCCCC(=O)OCC(COC1OC(C(=O)O)C(O)C(O)C1O)OC(=O)CCCCCCCCCCCCCCCCCCCCCCCCCC. The highest BCUT2D eigenvalue weighted by molar-refractivity contribution is 5.73. The minimum atomic E-state index is -1.86. The summed E-state index contributed by atoms with van der Waals surface area (Å²) in [6.45, 7) is 3.72. The van der Waals surface area contributed by atoms with E-state index in [2.05, 4.69) is 50.3 Å². The van der Waals surface area contributed by atoms with Gasteiger partial charge < -0.3 is 39.4 Å². The van der Waals surface area contributed by atoms with E-state index in [1.54, 1.807) is 0 Å². The Morgan fingerprint density at radius 2 is 0.908 bits per heavy atom. The molecular formula is C54H96O11. The molecule has 0 aliphatic carbocycles. The number of hydrogen-bond donors (Lipinski definition) is 4. The van der Waals surface area contributed by atoms with Crippen molar-refractivity contribution in [3.63, 3.8) is 0 Å². The Kier molecular flexibility index (Phi) is 40.9. The molecule has 0 spiro atoms. The van der Waals surface area contributed by atoms with E-state index >= 15 is 0 Å². The van der Waals surface area contributed by atoms with E-state index in [4.69, 9.17) is 18.9 Å². The first kappa shape index (κ1) is 60.4. The van der Waals surface area contributed by atoms with Crippen molar-refractivity contribution in [3.05, 3.63) is 36.5 Å². The number of carboxylic acids is 1. The Balaban J connectivity index is 2.25. The number of hydrogen-bond acceptors (Lipinski definition) is 10. The lowest BCUT2D eigenvalue weighted by Gasteiger charge is -2.38. The minimum Gasteiger partial charge on any atom is -0.479 e. The number of carbonyl (C=O) groups excluding carboxylic acids is 2. The van der Waals surface area contributed by atoms with Gasteiger partial charge in [-0.2, -0.15) is 0 Å². The zero-order valence-electron chi connectivity index (χ0n) is 41.2. The lowest BCUT2D eigenvalue weighted by Crippen LogP contribution is -2.60. The number of carboxylic acid groups (broad SMARTS) is 1. The quantitative estimate of drug-likeness (QED) is 0.0260. The van der Waals surface area contributed by atoms with Crippen LogP contribution in [0.15, 0.2) is 36.5 Å². The molecule has 1 heterocycles. The first-order chi connectivity index (χ1) is 31.7. The van der Waals surface area contributed by atoms with Crippen molar-refractivity contribution >= 4 is 17.9 Å². The normalized spacial score (nSPS) is 19.4. The van der Waals surface area contributed by atoms with Crippen LogP contribution in [0.25, 0.3) is 0 Å². The van der Waals surface area contributed by atoms with Crippen LogP contribution >= 0.6 is 0 Å². The van der Waals surface area contributed by atoms with Crippen LogP contribution in [-0.2, 0) is 33.3 Å². The van der Waals surface area contributed by atoms with Crippen LogP contribution in [0.5, 0.6) is 0 Å². The lowest BCUT2D eigenvalue weighted by atomic mass is 9.99. The summed E-state index contributed by atoms with van der Waals surface area (Å²) in [5.74, 6) is -2.45. The molecule has 6 unspecified atom stereocenters. The van der Waals surface area contributed by atoms with Gasteiger partial charge in [0.1, 0.15) is 24.9 Å². The van der Waals surface area contributed by atoms with Crippen LogP contribution in [0.3, 0.4) is 0 Å². The predicted molar refractivity (Wildman–Crippen MR) is 261 cm³/mol. The zero-order valence-corrected chi connectivity index (χ0v) is 41.2. The van der Waals surface area contributed by atoms with Gasteiger partial charge in [-0.25, -0.2) is 4.79 Å².